The van der Waals surface area contributed by atoms with E-state index in [1.165, 1.54) is 6.08 Å². The van der Waals surface area contributed by atoms with Gasteiger partial charge in [-0.05, 0) is 43.7 Å². The van der Waals surface area contributed by atoms with E-state index in [4.69, 9.17) is 11.5 Å². The minimum absolute atomic E-state index is 0.0902. The van der Waals surface area contributed by atoms with Crippen molar-refractivity contribution < 1.29 is 4.79 Å². The van der Waals surface area contributed by atoms with E-state index in [-0.39, 0.29) is 5.78 Å². The molecular weight excluding hydrogens is 304 g/mol. The predicted octanol–water partition coefficient (Wildman–Crippen LogP) is 1.54. The van der Waals surface area contributed by atoms with Crippen LogP contribution in [0.4, 0.5) is 11.5 Å². The van der Waals surface area contributed by atoms with E-state index in [0.29, 0.717) is 41.6 Å². The maximum absolute atomic E-state index is 11.7. The van der Waals surface area contributed by atoms with Crippen molar-refractivity contribution in [3.63, 3.8) is 0 Å². The Morgan fingerprint density at radius 1 is 1.33 bits per heavy atom. The van der Waals surface area contributed by atoms with Crippen molar-refractivity contribution in [2.24, 2.45) is 16.5 Å². The number of allylic oxidation sites excluding steroid dienone is 3. The number of anilines is 1. The molecule has 0 saturated carbocycles. The molecule has 0 radical (unpaired) electrons. The van der Waals surface area contributed by atoms with Crippen molar-refractivity contribution in [3.05, 3.63) is 47.8 Å². The van der Waals surface area contributed by atoms with Crippen LogP contribution < -0.4 is 16.8 Å². The zero-order chi connectivity index (χ0) is 17.1. The SMILES string of the molecule is CC1=C/C(=N\c2c(NCCCN)nn3ccccc23)C(N)=CC1=O. The molecule has 0 fully saturated rings. The fourth-order valence-corrected chi connectivity index (χ4v) is 2.43. The van der Waals surface area contributed by atoms with Crippen molar-refractivity contribution in [2.45, 2.75) is 13.3 Å². The Morgan fingerprint density at radius 3 is 2.96 bits per heavy atom. The Kier molecular flexibility index (Phi) is 4.43. The van der Waals surface area contributed by atoms with Gasteiger partial charge in [0, 0.05) is 18.8 Å². The first-order chi connectivity index (χ1) is 11.6. The van der Waals surface area contributed by atoms with Crippen LogP contribution in [0.1, 0.15) is 13.3 Å². The van der Waals surface area contributed by atoms with Crippen LogP contribution in [-0.2, 0) is 4.79 Å². The summed E-state index contributed by atoms with van der Waals surface area (Å²) in [4.78, 5) is 16.4. The molecule has 0 saturated heterocycles. The van der Waals surface area contributed by atoms with Crippen LogP contribution in [0.2, 0.25) is 0 Å². The van der Waals surface area contributed by atoms with Gasteiger partial charge in [-0.3, -0.25) is 4.79 Å². The minimum Gasteiger partial charge on any atom is -0.397 e. The first kappa shape index (κ1) is 15.9. The van der Waals surface area contributed by atoms with E-state index in [1.807, 2.05) is 24.4 Å². The molecule has 5 N–H and O–H groups in total. The molecular formula is C17H20N6O. The first-order valence-electron chi connectivity index (χ1n) is 7.80. The largest absolute Gasteiger partial charge is 0.397 e. The van der Waals surface area contributed by atoms with Gasteiger partial charge in [-0.2, -0.15) is 0 Å². The highest BCUT2D eigenvalue weighted by Crippen LogP contribution is 2.30. The Bertz CT molecular complexity index is 874. The summed E-state index contributed by atoms with van der Waals surface area (Å²) in [6.07, 6.45) is 5.80. The van der Waals surface area contributed by atoms with E-state index < -0.39 is 0 Å². The van der Waals surface area contributed by atoms with Crippen molar-refractivity contribution >= 4 is 28.5 Å². The number of carbonyl (C=O) groups excluding carboxylic acids is 1. The third-order valence-corrected chi connectivity index (χ3v) is 3.74. The Morgan fingerprint density at radius 2 is 2.17 bits per heavy atom. The Hall–Kier alpha value is -2.93. The van der Waals surface area contributed by atoms with Gasteiger partial charge in [-0.15, -0.1) is 5.10 Å². The lowest BCUT2D eigenvalue weighted by Crippen LogP contribution is -2.17. The maximum atomic E-state index is 11.7. The highest BCUT2D eigenvalue weighted by atomic mass is 16.1. The van der Waals surface area contributed by atoms with E-state index in [0.717, 1.165) is 11.9 Å². The number of aliphatic imine (C=N–C) groups is 1. The summed E-state index contributed by atoms with van der Waals surface area (Å²) in [7, 11) is 0. The monoisotopic (exact) mass is 324 g/mol. The predicted molar refractivity (Wildman–Crippen MR) is 95.5 cm³/mol. The number of fused-ring (bicyclic) bond motifs is 1. The molecule has 0 unspecified atom stereocenters. The quantitative estimate of drug-likeness (QED) is 0.570. The van der Waals surface area contributed by atoms with Crippen LogP contribution in [0.25, 0.3) is 5.52 Å². The molecule has 0 aliphatic heterocycles. The molecule has 1 aliphatic rings. The van der Waals surface area contributed by atoms with Crippen LogP contribution in [-0.4, -0.2) is 34.2 Å². The molecule has 0 bridgehead atoms. The Labute approximate surface area is 139 Å². The second-order valence-electron chi connectivity index (χ2n) is 5.58. The lowest BCUT2D eigenvalue weighted by atomic mass is 10.0. The zero-order valence-corrected chi connectivity index (χ0v) is 13.5. The van der Waals surface area contributed by atoms with Gasteiger partial charge in [0.2, 0.25) is 0 Å². The molecule has 24 heavy (non-hydrogen) atoms. The summed E-state index contributed by atoms with van der Waals surface area (Å²) in [5.74, 6) is 0.575. The molecule has 1 aliphatic carbocycles. The molecule has 2 heterocycles. The number of hydrogen-bond donors (Lipinski definition) is 3. The highest BCUT2D eigenvalue weighted by Gasteiger charge is 2.17. The number of ketones is 1. The Balaban J connectivity index is 2.07. The van der Waals surface area contributed by atoms with Crippen LogP contribution >= 0.6 is 0 Å². The van der Waals surface area contributed by atoms with Crippen LogP contribution in [0.3, 0.4) is 0 Å². The smallest absolute Gasteiger partial charge is 0.183 e. The number of aromatic nitrogens is 2. The summed E-state index contributed by atoms with van der Waals surface area (Å²) in [5, 5.41) is 7.78. The molecule has 7 heteroatoms. The van der Waals surface area contributed by atoms with Gasteiger partial charge in [0.25, 0.3) is 0 Å². The summed E-state index contributed by atoms with van der Waals surface area (Å²) in [6, 6.07) is 5.76. The average molecular weight is 324 g/mol. The first-order valence-corrected chi connectivity index (χ1v) is 7.80. The van der Waals surface area contributed by atoms with E-state index >= 15 is 0 Å². The highest BCUT2D eigenvalue weighted by molar-refractivity contribution is 6.22. The van der Waals surface area contributed by atoms with Crippen LogP contribution in [0, 0.1) is 0 Å². The van der Waals surface area contributed by atoms with Crippen molar-refractivity contribution in [1.29, 1.82) is 0 Å². The van der Waals surface area contributed by atoms with Gasteiger partial charge in [-0.1, -0.05) is 6.07 Å². The second kappa shape index (κ2) is 6.67. The number of rotatable bonds is 5. The molecule has 0 aromatic carbocycles. The summed E-state index contributed by atoms with van der Waals surface area (Å²) >= 11 is 0. The fourth-order valence-electron chi connectivity index (χ4n) is 2.43. The van der Waals surface area contributed by atoms with Crippen molar-refractivity contribution in [3.8, 4) is 0 Å². The van der Waals surface area contributed by atoms with E-state index in [2.05, 4.69) is 15.4 Å². The third-order valence-electron chi connectivity index (χ3n) is 3.74. The van der Waals surface area contributed by atoms with Gasteiger partial charge >= 0.3 is 0 Å². The number of nitrogens with one attached hydrogen (secondary N) is 1. The standard InChI is InChI=1S/C17H20N6O/c1-11-9-13(12(19)10-15(11)24)21-16-14-5-2-3-8-23(14)22-17(16)20-7-4-6-18/h2-3,5,8-10H,4,6-7,18-19H2,1H3,(H,20,22)/b21-13+. The van der Waals surface area contributed by atoms with E-state index in [9.17, 15) is 4.79 Å². The lowest BCUT2D eigenvalue weighted by Gasteiger charge is -2.10. The molecule has 0 spiro atoms. The van der Waals surface area contributed by atoms with Gasteiger partial charge in [0.05, 0.1) is 16.9 Å². The summed E-state index contributed by atoms with van der Waals surface area (Å²) in [6.45, 7) is 3.05. The van der Waals surface area contributed by atoms with Gasteiger partial charge in [-0.25, -0.2) is 9.51 Å². The number of nitrogens with zero attached hydrogens (tertiary/aromatic N) is 3. The molecule has 7 nitrogen and oxygen atoms in total. The molecule has 2 aromatic rings. The average Bonchev–Trinajstić information content (AvgIpc) is 2.91. The van der Waals surface area contributed by atoms with Crippen LogP contribution in [0.15, 0.2) is 52.8 Å². The number of hydrogen-bond acceptors (Lipinski definition) is 6. The number of pyridine rings is 1. The maximum Gasteiger partial charge on any atom is 0.183 e. The van der Waals surface area contributed by atoms with E-state index in [1.54, 1.807) is 17.5 Å². The van der Waals surface area contributed by atoms with Gasteiger partial charge in [0.1, 0.15) is 5.69 Å². The number of nitrogens with two attached hydrogens (primary N) is 2. The third kappa shape index (κ3) is 3.07. The van der Waals surface area contributed by atoms with Crippen molar-refractivity contribution in [2.75, 3.05) is 18.4 Å². The lowest BCUT2D eigenvalue weighted by molar-refractivity contribution is -0.111. The molecule has 2 aromatic heterocycles. The summed E-state index contributed by atoms with van der Waals surface area (Å²) in [5.41, 5.74) is 14.6. The summed E-state index contributed by atoms with van der Waals surface area (Å²) < 4.78 is 1.76. The minimum atomic E-state index is -0.0902. The molecule has 124 valence electrons. The van der Waals surface area contributed by atoms with Gasteiger partial charge < -0.3 is 16.8 Å². The fraction of sp³-hybridized carbons (Fsp3) is 0.235. The van der Waals surface area contributed by atoms with Gasteiger partial charge in [0.15, 0.2) is 11.6 Å². The normalized spacial score (nSPS) is 16.4. The van der Waals surface area contributed by atoms with Crippen molar-refractivity contribution in [1.82, 2.24) is 9.61 Å². The van der Waals surface area contributed by atoms with Crippen LogP contribution in [0.5, 0.6) is 0 Å². The zero-order valence-electron chi connectivity index (χ0n) is 13.5. The molecule has 0 amide bonds. The topological polar surface area (TPSA) is 111 Å². The molecule has 0 atom stereocenters. The second-order valence-corrected chi connectivity index (χ2v) is 5.58. The number of carbonyl (C=O) groups is 1. The molecule has 3 rings (SSSR count).